The van der Waals surface area contributed by atoms with Crippen LogP contribution in [0.15, 0.2) is 46.9 Å². The molecule has 0 saturated carbocycles. The normalized spacial score (nSPS) is 13.8. The number of benzene rings is 2. The van der Waals surface area contributed by atoms with E-state index in [1.807, 2.05) is 38.1 Å². The van der Waals surface area contributed by atoms with Crippen molar-refractivity contribution in [1.29, 1.82) is 0 Å². The molecule has 4 heteroatoms. The van der Waals surface area contributed by atoms with Gasteiger partial charge in [0.25, 0.3) is 0 Å². The van der Waals surface area contributed by atoms with Crippen molar-refractivity contribution in [2.45, 2.75) is 26.0 Å². The van der Waals surface area contributed by atoms with Crippen molar-refractivity contribution in [1.82, 2.24) is 0 Å². The highest BCUT2D eigenvalue weighted by molar-refractivity contribution is 9.10. The maximum Gasteiger partial charge on any atom is 0.139 e. The monoisotopic (exact) mass is 337 g/mol. The predicted molar refractivity (Wildman–Crippen MR) is 82.3 cm³/mol. The van der Waals surface area contributed by atoms with E-state index in [4.69, 9.17) is 10.5 Å². The number of hydrogen-bond donors (Lipinski definition) is 1. The molecule has 0 amide bonds. The number of ether oxygens (including phenoxy) is 1. The van der Waals surface area contributed by atoms with Gasteiger partial charge in [-0.1, -0.05) is 28.1 Å². The molecule has 0 heterocycles. The Morgan fingerprint density at radius 1 is 1.20 bits per heavy atom. The Labute approximate surface area is 126 Å². The van der Waals surface area contributed by atoms with E-state index in [1.165, 1.54) is 12.1 Å². The fourth-order valence-electron chi connectivity index (χ4n) is 2.04. The molecule has 2 nitrogen and oxygen atoms in total. The fraction of sp³-hybridized carbons (Fsp3) is 0.250. The van der Waals surface area contributed by atoms with Gasteiger partial charge in [-0.3, -0.25) is 0 Å². The van der Waals surface area contributed by atoms with Gasteiger partial charge in [-0.2, -0.15) is 0 Å². The Morgan fingerprint density at radius 3 is 2.55 bits per heavy atom. The molecule has 0 aliphatic carbocycles. The number of hydrogen-bond acceptors (Lipinski definition) is 2. The van der Waals surface area contributed by atoms with E-state index in [9.17, 15) is 4.39 Å². The first-order chi connectivity index (χ1) is 9.47. The van der Waals surface area contributed by atoms with Crippen molar-refractivity contribution >= 4 is 15.9 Å². The van der Waals surface area contributed by atoms with Crippen LogP contribution in [0, 0.1) is 12.7 Å². The molecule has 2 N–H and O–H groups in total. The van der Waals surface area contributed by atoms with Crippen molar-refractivity contribution in [3.63, 3.8) is 0 Å². The lowest BCUT2D eigenvalue weighted by Gasteiger charge is -2.24. The van der Waals surface area contributed by atoms with E-state index in [0.29, 0.717) is 5.75 Å². The molecule has 2 aromatic rings. The minimum absolute atomic E-state index is 0.186. The van der Waals surface area contributed by atoms with Crippen LogP contribution >= 0.6 is 15.9 Å². The quantitative estimate of drug-likeness (QED) is 0.899. The summed E-state index contributed by atoms with van der Waals surface area (Å²) in [5.74, 6) is 0.378. The second-order valence-electron chi connectivity index (χ2n) is 4.86. The molecule has 2 unspecified atom stereocenters. The standard InChI is InChI=1S/C16H17BrFNO/c1-10-8-14(18)6-7-15(10)20-16(11(2)19)12-4-3-5-13(17)9-12/h3-9,11,16H,19H2,1-2H3. The number of nitrogens with two attached hydrogens (primary N) is 1. The maximum atomic E-state index is 13.1. The molecule has 106 valence electrons. The van der Waals surface area contributed by atoms with Crippen LogP contribution in [0.1, 0.15) is 24.2 Å². The third kappa shape index (κ3) is 3.58. The van der Waals surface area contributed by atoms with Crippen LogP contribution in [0.3, 0.4) is 0 Å². The molecule has 20 heavy (non-hydrogen) atoms. The number of rotatable bonds is 4. The first kappa shape index (κ1) is 15.0. The Kier molecular flexibility index (Phi) is 4.78. The van der Waals surface area contributed by atoms with Crippen molar-refractivity contribution < 1.29 is 9.13 Å². The molecule has 0 fully saturated rings. The van der Waals surface area contributed by atoms with Crippen LogP contribution in [-0.4, -0.2) is 6.04 Å². The molecular formula is C16H17BrFNO. The zero-order chi connectivity index (χ0) is 14.7. The number of halogens is 2. The van der Waals surface area contributed by atoms with E-state index in [0.717, 1.165) is 15.6 Å². The first-order valence-electron chi connectivity index (χ1n) is 6.41. The first-order valence-corrected chi connectivity index (χ1v) is 7.20. The Bertz CT molecular complexity index is 601. The lowest BCUT2D eigenvalue weighted by atomic mass is 10.0. The molecule has 0 aromatic heterocycles. The summed E-state index contributed by atoms with van der Waals surface area (Å²) >= 11 is 3.44. The van der Waals surface area contributed by atoms with Crippen LogP contribution < -0.4 is 10.5 Å². The van der Waals surface area contributed by atoms with Crippen molar-refractivity contribution in [2.75, 3.05) is 0 Å². The maximum absolute atomic E-state index is 13.1. The second kappa shape index (κ2) is 6.37. The fourth-order valence-corrected chi connectivity index (χ4v) is 2.46. The minimum Gasteiger partial charge on any atom is -0.484 e. The number of aryl methyl sites for hydroxylation is 1. The van der Waals surface area contributed by atoms with Crippen LogP contribution in [-0.2, 0) is 0 Å². The largest absolute Gasteiger partial charge is 0.484 e. The van der Waals surface area contributed by atoms with Gasteiger partial charge < -0.3 is 10.5 Å². The highest BCUT2D eigenvalue weighted by atomic mass is 79.9. The predicted octanol–water partition coefficient (Wildman–Crippen LogP) is 4.36. The van der Waals surface area contributed by atoms with E-state index in [-0.39, 0.29) is 18.0 Å². The van der Waals surface area contributed by atoms with Gasteiger partial charge in [0, 0.05) is 10.5 Å². The summed E-state index contributed by atoms with van der Waals surface area (Å²) in [6, 6.07) is 12.1. The minimum atomic E-state index is -0.281. The molecule has 0 bridgehead atoms. The van der Waals surface area contributed by atoms with Crippen molar-refractivity contribution in [2.24, 2.45) is 5.73 Å². The third-order valence-corrected chi connectivity index (χ3v) is 3.54. The smallest absolute Gasteiger partial charge is 0.139 e. The Morgan fingerprint density at radius 2 is 1.95 bits per heavy atom. The Hall–Kier alpha value is -1.39. The van der Waals surface area contributed by atoms with Gasteiger partial charge >= 0.3 is 0 Å². The lowest BCUT2D eigenvalue weighted by Crippen LogP contribution is -2.29. The van der Waals surface area contributed by atoms with Crippen LogP contribution in [0.5, 0.6) is 5.75 Å². The average molecular weight is 338 g/mol. The van der Waals surface area contributed by atoms with E-state index in [2.05, 4.69) is 15.9 Å². The van der Waals surface area contributed by atoms with Crippen molar-refractivity contribution in [3.05, 3.63) is 63.9 Å². The molecule has 0 spiro atoms. The average Bonchev–Trinajstić information content (AvgIpc) is 2.37. The molecule has 0 aliphatic heterocycles. The molecule has 0 radical (unpaired) electrons. The zero-order valence-corrected chi connectivity index (χ0v) is 13.0. The molecule has 0 aliphatic rings. The summed E-state index contributed by atoms with van der Waals surface area (Å²) in [6.45, 7) is 3.71. The van der Waals surface area contributed by atoms with E-state index < -0.39 is 0 Å². The highest BCUT2D eigenvalue weighted by Crippen LogP contribution is 2.28. The topological polar surface area (TPSA) is 35.2 Å². The third-order valence-electron chi connectivity index (χ3n) is 3.05. The zero-order valence-electron chi connectivity index (χ0n) is 11.4. The van der Waals surface area contributed by atoms with Crippen LogP contribution in [0.4, 0.5) is 4.39 Å². The molecule has 2 atom stereocenters. The lowest BCUT2D eigenvalue weighted by molar-refractivity contribution is 0.179. The second-order valence-corrected chi connectivity index (χ2v) is 5.78. The SMILES string of the molecule is Cc1cc(F)ccc1OC(c1cccc(Br)c1)C(C)N. The summed E-state index contributed by atoms with van der Waals surface area (Å²) in [6.07, 6.45) is -0.281. The summed E-state index contributed by atoms with van der Waals surface area (Å²) in [4.78, 5) is 0. The summed E-state index contributed by atoms with van der Waals surface area (Å²) in [5, 5.41) is 0. The van der Waals surface area contributed by atoms with Gasteiger partial charge in [0.1, 0.15) is 17.7 Å². The summed E-state index contributed by atoms with van der Waals surface area (Å²) in [7, 11) is 0. The van der Waals surface area contributed by atoms with Gasteiger partial charge in [0.15, 0.2) is 0 Å². The van der Waals surface area contributed by atoms with Crippen molar-refractivity contribution in [3.8, 4) is 5.75 Å². The van der Waals surface area contributed by atoms with Gasteiger partial charge in [-0.05, 0) is 55.3 Å². The molecule has 2 aromatic carbocycles. The molecule has 0 saturated heterocycles. The van der Waals surface area contributed by atoms with Gasteiger partial charge in [0.05, 0.1) is 0 Å². The summed E-state index contributed by atoms with van der Waals surface area (Å²) in [5.41, 5.74) is 7.77. The van der Waals surface area contributed by atoms with Gasteiger partial charge in [-0.25, -0.2) is 4.39 Å². The molecular weight excluding hydrogens is 321 g/mol. The van der Waals surface area contributed by atoms with E-state index in [1.54, 1.807) is 6.07 Å². The highest BCUT2D eigenvalue weighted by Gasteiger charge is 2.19. The van der Waals surface area contributed by atoms with Crippen LogP contribution in [0.25, 0.3) is 0 Å². The molecule has 2 rings (SSSR count). The Balaban J connectivity index is 2.30. The van der Waals surface area contributed by atoms with Gasteiger partial charge in [0.2, 0.25) is 0 Å². The van der Waals surface area contributed by atoms with E-state index >= 15 is 0 Å². The van der Waals surface area contributed by atoms with Crippen LogP contribution in [0.2, 0.25) is 0 Å². The summed E-state index contributed by atoms with van der Waals surface area (Å²) < 4.78 is 20.1. The van der Waals surface area contributed by atoms with Gasteiger partial charge in [-0.15, -0.1) is 0 Å².